The highest BCUT2D eigenvalue weighted by atomic mass is 32.1. The third-order valence-corrected chi connectivity index (χ3v) is 9.87. The molecule has 0 bridgehead atoms. The zero-order valence-electron chi connectivity index (χ0n) is 23.8. The van der Waals surface area contributed by atoms with E-state index in [0.717, 1.165) is 54.9 Å². The predicted molar refractivity (Wildman–Crippen MR) is 185 cm³/mol. The lowest BCUT2D eigenvalue weighted by Crippen LogP contribution is -2.06. The summed E-state index contributed by atoms with van der Waals surface area (Å²) in [7, 11) is 0. The van der Waals surface area contributed by atoms with E-state index < -0.39 is 0 Å². The first kappa shape index (κ1) is 24.6. The molecule has 0 fully saturated rings. The highest BCUT2D eigenvalue weighted by Gasteiger charge is 2.24. The fraction of sp³-hybridized carbons (Fsp3) is 0. The molecule has 0 spiro atoms. The fourth-order valence-electron chi connectivity index (χ4n) is 6.66. The molecule has 0 atom stereocenters. The van der Waals surface area contributed by atoms with Crippen molar-refractivity contribution in [3.8, 4) is 28.7 Å². The third-order valence-electron chi connectivity index (χ3n) is 8.67. The Morgan fingerprint density at radius 2 is 1.09 bits per heavy atom. The number of rotatable bonds is 3. The molecule has 0 aliphatic heterocycles. The minimum absolute atomic E-state index is 0.568. The van der Waals surface area contributed by atoms with Crippen LogP contribution < -0.4 is 0 Å². The zero-order valence-corrected chi connectivity index (χ0v) is 24.6. The molecule has 4 heterocycles. The summed E-state index contributed by atoms with van der Waals surface area (Å²) in [6.45, 7) is 0. The smallest absolute Gasteiger partial charge is 0.238 e. The lowest BCUT2D eigenvalue weighted by atomic mass is 10.1. The Morgan fingerprint density at radius 1 is 0.489 bits per heavy atom. The second kappa shape index (κ2) is 9.32. The number of furan rings is 1. The van der Waals surface area contributed by atoms with E-state index in [4.69, 9.17) is 19.4 Å². The second-order valence-electron chi connectivity index (χ2n) is 11.2. The molecule has 0 unspecified atom stereocenters. The van der Waals surface area contributed by atoms with Crippen molar-refractivity contribution >= 4 is 75.3 Å². The lowest BCUT2D eigenvalue weighted by Gasteiger charge is -2.11. The maximum Gasteiger partial charge on any atom is 0.238 e. The van der Waals surface area contributed by atoms with Gasteiger partial charge < -0.3 is 4.42 Å². The van der Waals surface area contributed by atoms with Gasteiger partial charge in [0.1, 0.15) is 11.2 Å². The van der Waals surface area contributed by atoms with E-state index in [-0.39, 0.29) is 0 Å². The molecule has 0 aliphatic carbocycles. The quantitative estimate of drug-likeness (QED) is 0.204. The van der Waals surface area contributed by atoms with Crippen LogP contribution in [0.2, 0.25) is 0 Å². The van der Waals surface area contributed by atoms with E-state index in [1.807, 2.05) is 84.1 Å². The van der Waals surface area contributed by atoms with Crippen LogP contribution in [0.5, 0.6) is 0 Å². The molecule has 0 radical (unpaired) electrons. The molecule has 0 saturated carbocycles. The van der Waals surface area contributed by atoms with Crippen molar-refractivity contribution < 1.29 is 4.42 Å². The number of hydrogen-bond donors (Lipinski definition) is 0. The van der Waals surface area contributed by atoms with Gasteiger partial charge in [-0.05, 0) is 30.3 Å². The van der Waals surface area contributed by atoms with Crippen molar-refractivity contribution in [1.82, 2.24) is 19.5 Å². The first-order chi connectivity index (χ1) is 22.3. The molecule has 6 aromatic carbocycles. The Kier molecular flexibility index (Phi) is 5.09. The van der Waals surface area contributed by atoms with Crippen LogP contribution in [-0.2, 0) is 0 Å². The molecule has 4 aromatic heterocycles. The SMILES string of the molecule is c1ccc(-c2nc(-c3ccccc3)nc(-n3c4ccc5c6ccccc6oc5c4c4c5sc6ccccc6c5ccc43)n2)cc1. The molecular formula is C39H22N4OS. The molecule has 0 amide bonds. The van der Waals surface area contributed by atoms with Crippen LogP contribution in [0.3, 0.4) is 0 Å². The van der Waals surface area contributed by atoms with Crippen LogP contribution in [0, 0.1) is 0 Å². The van der Waals surface area contributed by atoms with Crippen molar-refractivity contribution in [2.45, 2.75) is 0 Å². The van der Waals surface area contributed by atoms with E-state index in [0.29, 0.717) is 17.6 Å². The number of fused-ring (bicyclic) bond motifs is 11. The van der Waals surface area contributed by atoms with Gasteiger partial charge in [0.2, 0.25) is 5.95 Å². The monoisotopic (exact) mass is 594 g/mol. The fourth-order valence-corrected chi connectivity index (χ4v) is 7.91. The highest BCUT2D eigenvalue weighted by Crippen LogP contribution is 2.46. The first-order valence-corrected chi connectivity index (χ1v) is 15.7. The maximum absolute atomic E-state index is 6.67. The Hall–Kier alpha value is -5.85. The number of benzene rings is 6. The summed E-state index contributed by atoms with van der Waals surface area (Å²) in [5, 5.41) is 6.92. The summed E-state index contributed by atoms with van der Waals surface area (Å²) in [5.74, 6) is 1.82. The molecule has 5 nitrogen and oxygen atoms in total. The molecular weight excluding hydrogens is 573 g/mol. The summed E-state index contributed by atoms with van der Waals surface area (Å²) in [6, 6.07) is 45.9. The van der Waals surface area contributed by atoms with Gasteiger partial charge >= 0.3 is 0 Å². The summed E-state index contributed by atoms with van der Waals surface area (Å²) >= 11 is 1.82. The number of thiophene rings is 1. The molecule has 10 aromatic rings. The van der Waals surface area contributed by atoms with Gasteiger partial charge in [-0.25, -0.2) is 4.98 Å². The molecule has 0 aliphatic rings. The third kappa shape index (κ3) is 3.57. The largest absolute Gasteiger partial charge is 0.455 e. The number of nitrogens with zero attached hydrogens (tertiary/aromatic N) is 4. The number of para-hydroxylation sites is 1. The van der Waals surface area contributed by atoms with Crippen molar-refractivity contribution in [2.75, 3.05) is 0 Å². The van der Waals surface area contributed by atoms with Gasteiger partial charge in [-0.2, -0.15) is 9.97 Å². The molecule has 10 rings (SSSR count). The van der Waals surface area contributed by atoms with Crippen molar-refractivity contribution in [3.63, 3.8) is 0 Å². The normalized spacial score (nSPS) is 12.0. The maximum atomic E-state index is 6.67. The van der Waals surface area contributed by atoms with E-state index >= 15 is 0 Å². The van der Waals surface area contributed by atoms with Crippen LogP contribution in [0.1, 0.15) is 0 Å². The molecule has 0 N–H and O–H groups in total. The molecule has 6 heteroatoms. The van der Waals surface area contributed by atoms with Crippen LogP contribution in [0.4, 0.5) is 0 Å². The highest BCUT2D eigenvalue weighted by molar-refractivity contribution is 7.26. The Labute approximate surface area is 260 Å². The average molecular weight is 595 g/mol. The van der Waals surface area contributed by atoms with E-state index in [9.17, 15) is 0 Å². The van der Waals surface area contributed by atoms with Gasteiger partial charge in [0.05, 0.1) is 16.4 Å². The van der Waals surface area contributed by atoms with Crippen molar-refractivity contribution in [3.05, 3.63) is 133 Å². The van der Waals surface area contributed by atoms with Gasteiger partial charge in [0.15, 0.2) is 11.6 Å². The van der Waals surface area contributed by atoms with Gasteiger partial charge in [0, 0.05) is 47.5 Å². The van der Waals surface area contributed by atoms with E-state index in [1.165, 1.54) is 20.2 Å². The Balaban J connectivity index is 1.39. The number of hydrogen-bond acceptors (Lipinski definition) is 5. The van der Waals surface area contributed by atoms with Gasteiger partial charge in [-0.3, -0.25) is 4.57 Å². The first-order valence-electron chi connectivity index (χ1n) is 14.9. The average Bonchev–Trinajstić information content (AvgIpc) is 3.78. The summed E-state index contributed by atoms with van der Waals surface area (Å²) in [4.78, 5) is 15.2. The second-order valence-corrected chi connectivity index (χ2v) is 12.3. The minimum atomic E-state index is 0.568. The topological polar surface area (TPSA) is 56.7 Å². The Bertz CT molecular complexity index is 2570. The summed E-state index contributed by atoms with van der Waals surface area (Å²) in [6.07, 6.45) is 0. The van der Waals surface area contributed by atoms with Gasteiger partial charge in [0.25, 0.3) is 0 Å². The van der Waals surface area contributed by atoms with Crippen LogP contribution in [0.25, 0.3) is 92.6 Å². The van der Waals surface area contributed by atoms with E-state index in [2.05, 4.69) is 65.2 Å². The van der Waals surface area contributed by atoms with Crippen LogP contribution in [-0.4, -0.2) is 19.5 Å². The summed E-state index contributed by atoms with van der Waals surface area (Å²) in [5.41, 5.74) is 5.65. The predicted octanol–water partition coefficient (Wildman–Crippen LogP) is 10.6. The lowest BCUT2D eigenvalue weighted by molar-refractivity contribution is 0.673. The summed E-state index contributed by atoms with van der Waals surface area (Å²) < 4.78 is 11.3. The zero-order chi connectivity index (χ0) is 29.5. The molecule has 210 valence electrons. The van der Waals surface area contributed by atoms with E-state index in [1.54, 1.807) is 0 Å². The van der Waals surface area contributed by atoms with Gasteiger partial charge in [-0.1, -0.05) is 103 Å². The van der Waals surface area contributed by atoms with Crippen LogP contribution >= 0.6 is 11.3 Å². The van der Waals surface area contributed by atoms with Gasteiger partial charge in [-0.15, -0.1) is 11.3 Å². The number of aromatic nitrogens is 4. The van der Waals surface area contributed by atoms with Crippen LogP contribution in [0.15, 0.2) is 138 Å². The molecule has 45 heavy (non-hydrogen) atoms. The standard InChI is InChI=1S/C39H22N4OS/c1-3-11-23(12-4-1)37-40-38(24-13-5-2-6-14-24)42-39(41-37)43-29-21-19-27-25-15-7-9-17-31(25)44-35(27)33(29)34-30(43)22-20-28-26-16-8-10-18-32(26)45-36(28)34/h1-22H. The van der Waals surface area contributed by atoms with Crippen molar-refractivity contribution in [1.29, 1.82) is 0 Å². The Morgan fingerprint density at radius 3 is 1.82 bits per heavy atom. The minimum Gasteiger partial charge on any atom is -0.455 e. The molecule has 0 saturated heterocycles. The van der Waals surface area contributed by atoms with Crippen molar-refractivity contribution in [2.24, 2.45) is 0 Å².